The Labute approximate surface area is 196 Å². The summed E-state index contributed by atoms with van der Waals surface area (Å²) in [6, 6.07) is 2.71. The molecule has 186 valence electrons. The van der Waals surface area contributed by atoms with Crippen LogP contribution in [0.2, 0.25) is 0 Å². The Morgan fingerprint density at radius 1 is 1.18 bits per heavy atom. The minimum absolute atomic E-state index is 0.0919. The number of hydrogen-bond acceptors (Lipinski definition) is 6. The van der Waals surface area contributed by atoms with Crippen molar-refractivity contribution < 1.29 is 40.4 Å². The molecule has 5 rings (SSSR count). The molecule has 1 aromatic rings. The molecule has 4 bridgehead atoms. The molecule has 4 fully saturated rings. The third-order valence-electron chi connectivity index (χ3n) is 8.56. The first-order chi connectivity index (χ1) is 15.9. The van der Waals surface area contributed by atoms with Crippen LogP contribution in [0.1, 0.15) is 48.0 Å². The van der Waals surface area contributed by atoms with Gasteiger partial charge in [-0.15, -0.1) is 0 Å². The maximum atomic E-state index is 13.8. The minimum atomic E-state index is -4.71. The van der Waals surface area contributed by atoms with Gasteiger partial charge in [0.05, 0.1) is 27.0 Å². The summed E-state index contributed by atoms with van der Waals surface area (Å²) in [7, 11) is -4.59. The maximum Gasteiger partial charge on any atom is 0.419 e. The Kier molecular flexibility index (Phi) is 5.55. The summed E-state index contributed by atoms with van der Waals surface area (Å²) >= 11 is 0. The fourth-order valence-electron chi connectivity index (χ4n) is 7.51. The van der Waals surface area contributed by atoms with Crippen molar-refractivity contribution in [1.29, 1.82) is 0 Å². The van der Waals surface area contributed by atoms with E-state index < -0.39 is 51.5 Å². The highest BCUT2D eigenvalue weighted by molar-refractivity contribution is 7.85. The predicted molar refractivity (Wildman–Crippen MR) is 114 cm³/mol. The summed E-state index contributed by atoms with van der Waals surface area (Å²) in [6.45, 7) is 3.25. The van der Waals surface area contributed by atoms with E-state index in [-0.39, 0.29) is 11.5 Å². The average molecular weight is 500 g/mol. The Morgan fingerprint density at radius 3 is 2.53 bits per heavy atom. The minimum Gasteiger partial charge on any atom is -0.748 e. The topological polar surface area (TPSA) is 92.7 Å². The highest BCUT2D eigenvalue weighted by Crippen LogP contribution is 2.70. The van der Waals surface area contributed by atoms with Crippen LogP contribution in [0.4, 0.5) is 13.2 Å². The number of ether oxygens (including phenoxy) is 2. The maximum absolute atomic E-state index is 13.8. The van der Waals surface area contributed by atoms with E-state index >= 15 is 0 Å². The zero-order valence-electron chi connectivity index (χ0n) is 18.4. The first kappa shape index (κ1) is 23.7. The number of benzene rings is 1. The van der Waals surface area contributed by atoms with Crippen LogP contribution in [0.5, 0.6) is 5.75 Å². The lowest BCUT2D eigenvalue weighted by atomic mass is 9.65. The third kappa shape index (κ3) is 3.92. The number of fused-ring (bicyclic) bond motifs is 9. The van der Waals surface area contributed by atoms with Crippen molar-refractivity contribution in [1.82, 2.24) is 0 Å². The van der Waals surface area contributed by atoms with Crippen molar-refractivity contribution in [2.75, 3.05) is 12.4 Å². The number of hydrogen-bond donors (Lipinski definition) is 0. The molecule has 0 amide bonds. The lowest BCUT2D eigenvalue weighted by Gasteiger charge is -2.45. The molecule has 1 aromatic carbocycles. The van der Waals surface area contributed by atoms with E-state index in [1.807, 2.05) is 0 Å². The molecule has 0 spiro atoms. The fraction of sp³-hybridized carbons (Fsp3) is 0.625. The van der Waals surface area contributed by atoms with Crippen LogP contribution < -0.4 is 4.74 Å². The van der Waals surface area contributed by atoms with E-state index in [9.17, 15) is 30.9 Å². The standard InChI is InChI=1S/C24H27F3O6S/c1-2-23(12-16-10-18(23)21-14-4-3-13(9-14)20(16)21)33-19-11-15(5-6-17(19)24(25,26)27)22(28)32-7-8-34(29,30)31/h2,5-6,11,13-14,16,18,20-21H,1,3-4,7-10,12H2,(H,29,30,31)/p-1. The van der Waals surface area contributed by atoms with E-state index in [4.69, 9.17) is 9.47 Å². The lowest BCUT2D eigenvalue weighted by molar-refractivity contribution is -0.140. The van der Waals surface area contributed by atoms with Gasteiger partial charge in [0, 0.05) is 5.92 Å². The summed E-state index contributed by atoms with van der Waals surface area (Å²) in [4.78, 5) is 12.3. The van der Waals surface area contributed by atoms with Gasteiger partial charge in [-0.3, -0.25) is 0 Å². The molecule has 0 saturated heterocycles. The average Bonchev–Trinajstić information content (AvgIpc) is 3.51. The summed E-state index contributed by atoms with van der Waals surface area (Å²) in [5, 5.41) is 0. The second-order valence-electron chi connectivity index (χ2n) is 10.2. The van der Waals surface area contributed by atoms with Gasteiger partial charge in [-0.05, 0) is 86.0 Å². The summed E-state index contributed by atoms with van der Waals surface area (Å²) < 4.78 is 84.5. The fourth-order valence-corrected chi connectivity index (χ4v) is 7.80. The second-order valence-corrected chi connectivity index (χ2v) is 11.7. The molecule has 0 N–H and O–H groups in total. The van der Waals surface area contributed by atoms with Crippen LogP contribution in [0.15, 0.2) is 30.9 Å². The van der Waals surface area contributed by atoms with E-state index in [1.54, 1.807) is 6.08 Å². The number of halogens is 3. The first-order valence-corrected chi connectivity index (χ1v) is 13.1. The Bertz CT molecular complexity index is 1120. The van der Waals surface area contributed by atoms with Crippen LogP contribution in [-0.4, -0.2) is 36.9 Å². The number of rotatable bonds is 7. The van der Waals surface area contributed by atoms with E-state index in [0.717, 1.165) is 37.0 Å². The number of carbonyl (C=O) groups is 1. The Hall–Kier alpha value is -2.07. The molecule has 0 heterocycles. The van der Waals surface area contributed by atoms with Crippen LogP contribution in [0.3, 0.4) is 0 Å². The SMILES string of the molecule is C=CC1(Oc2cc(C(=O)OCCS(=O)(=O)[O-])ccc2C(F)(F)F)CC2CC1C1C3CCC(C3)C21. The molecular weight excluding hydrogens is 473 g/mol. The molecular formula is C24H26F3O6S-. The number of esters is 1. The van der Waals surface area contributed by atoms with Gasteiger partial charge in [-0.1, -0.05) is 6.58 Å². The molecule has 34 heavy (non-hydrogen) atoms. The van der Waals surface area contributed by atoms with E-state index in [0.29, 0.717) is 30.1 Å². The monoisotopic (exact) mass is 499 g/mol. The molecule has 0 aliphatic heterocycles. The summed E-state index contributed by atoms with van der Waals surface area (Å²) in [5.74, 6) is 0.447. The van der Waals surface area contributed by atoms with Crippen molar-refractivity contribution in [2.45, 2.75) is 43.9 Å². The molecule has 4 aliphatic carbocycles. The highest BCUT2D eigenvalue weighted by atomic mass is 32.2. The van der Waals surface area contributed by atoms with Gasteiger partial charge in [0.1, 0.15) is 18.0 Å². The predicted octanol–water partition coefficient (Wildman–Crippen LogP) is 4.41. The van der Waals surface area contributed by atoms with Crippen molar-refractivity contribution in [3.05, 3.63) is 42.0 Å². The molecule has 0 aromatic heterocycles. The smallest absolute Gasteiger partial charge is 0.419 e. The Balaban J connectivity index is 1.42. The zero-order valence-corrected chi connectivity index (χ0v) is 19.2. The lowest BCUT2D eigenvalue weighted by Crippen LogP contribution is -2.47. The number of alkyl halides is 3. The molecule has 4 saturated carbocycles. The third-order valence-corrected chi connectivity index (χ3v) is 9.22. The molecule has 4 aliphatic rings. The zero-order chi connectivity index (χ0) is 24.5. The van der Waals surface area contributed by atoms with Gasteiger partial charge in [0.25, 0.3) is 0 Å². The molecule has 0 radical (unpaired) electrons. The normalized spacial score (nSPS) is 35.9. The molecule has 10 heteroatoms. The van der Waals surface area contributed by atoms with Crippen molar-refractivity contribution in [3.8, 4) is 5.75 Å². The molecule has 6 nitrogen and oxygen atoms in total. The first-order valence-electron chi connectivity index (χ1n) is 11.6. The number of carbonyl (C=O) groups excluding carboxylic acids is 1. The molecule has 7 unspecified atom stereocenters. The van der Waals surface area contributed by atoms with Crippen molar-refractivity contribution >= 4 is 16.1 Å². The van der Waals surface area contributed by atoms with E-state index in [2.05, 4.69) is 6.58 Å². The van der Waals surface area contributed by atoms with Gasteiger partial charge < -0.3 is 14.0 Å². The van der Waals surface area contributed by atoms with E-state index in [1.165, 1.54) is 12.8 Å². The van der Waals surface area contributed by atoms with Crippen molar-refractivity contribution in [3.63, 3.8) is 0 Å². The highest BCUT2D eigenvalue weighted by Gasteiger charge is 2.67. The van der Waals surface area contributed by atoms with Gasteiger partial charge in [-0.2, -0.15) is 13.2 Å². The van der Waals surface area contributed by atoms with Crippen molar-refractivity contribution in [2.24, 2.45) is 35.5 Å². The van der Waals surface area contributed by atoms with Crippen LogP contribution in [-0.2, 0) is 21.0 Å². The summed E-state index contributed by atoms with van der Waals surface area (Å²) in [5.41, 5.74) is -2.15. The van der Waals surface area contributed by atoms with Crippen LogP contribution in [0.25, 0.3) is 0 Å². The Morgan fingerprint density at radius 2 is 1.88 bits per heavy atom. The molecule has 7 atom stereocenters. The summed E-state index contributed by atoms with van der Waals surface area (Å²) in [6.07, 6.45) is 2.07. The quantitative estimate of drug-likeness (QED) is 0.239. The second kappa shape index (κ2) is 7.98. The van der Waals surface area contributed by atoms with Gasteiger partial charge in [0.2, 0.25) is 0 Å². The van der Waals surface area contributed by atoms with Gasteiger partial charge in [0.15, 0.2) is 0 Å². The van der Waals surface area contributed by atoms with Crippen LogP contribution in [0, 0.1) is 35.5 Å². The van der Waals surface area contributed by atoms with Crippen LogP contribution >= 0.6 is 0 Å². The van der Waals surface area contributed by atoms with Gasteiger partial charge >= 0.3 is 12.1 Å². The largest absolute Gasteiger partial charge is 0.748 e. The van der Waals surface area contributed by atoms with Gasteiger partial charge in [-0.25, -0.2) is 13.2 Å².